The third-order valence-corrected chi connectivity index (χ3v) is 3.25. The number of hydrogen-bond donors (Lipinski definition) is 0. The Morgan fingerprint density at radius 1 is 1.10 bits per heavy atom. The quantitative estimate of drug-likeness (QED) is 0.784. The first-order valence-corrected chi connectivity index (χ1v) is 6.39. The van der Waals surface area contributed by atoms with Crippen molar-refractivity contribution < 1.29 is 19.0 Å². The van der Waals surface area contributed by atoms with Crippen molar-refractivity contribution >= 4 is 6.47 Å². The van der Waals surface area contributed by atoms with Gasteiger partial charge in [0, 0.05) is 6.42 Å². The molecule has 0 amide bonds. The molecule has 0 fully saturated rings. The number of hydrogen-bond acceptors (Lipinski definition) is 4. The van der Waals surface area contributed by atoms with Gasteiger partial charge < -0.3 is 14.2 Å². The predicted molar refractivity (Wildman–Crippen MR) is 72.6 cm³/mol. The summed E-state index contributed by atoms with van der Waals surface area (Å²) in [5.74, 6) is 1.41. The van der Waals surface area contributed by atoms with Gasteiger partial charge in [-0.15, -0.1) is 0 Å². The summed E-state index contributed by atoms with van der Waals surface area (Å²) < 4.78 is 15.8. The summed E-state index contributed by atoms with van der Waals surface area (Å²) >= 11 is 0. The molecule has 4 nitrogen and oxygen atoms in total. The summed E-state index contributed by atoms with van der Waals surface area (Å²) in [5, 5.41) is 0. The van der Waals surface area contributed by atoms with Crippen LogP contribution in [0.4, 0.5) is 0 Å². The molecule has 20 heavy (non-hydrogen) atoms. The van der Waals surface area contributed by atoms with Crippen LogP contribution in [0.25, 0.3) is 0 Å². The highest BCUT2D eigenvalue weighted by Gasteiger charge is 2.19. The summed E-state index contributed by atoms with van der Waals surface area (Å²) in [6, 6.07) is 15.5. The van der Waals surface area contributed by atoms with Gasteiger partial charge in [0.25, 0.3) is 6.47 Å². The van der Waals surface area contributed by atoms with Gasteiger partial charge in [-0.3, -0.25) is 4.79 Å². The molecule has 4 heteroatoms. The maximum absolute atomic E-state index is 10.7. The van der Waals surface area contributed by atoms with Gasteiger partial charge in [0.15, 0.2) is 11.5 Å². The van der Waals surface area contributed by atoms with Crippen LogP contribution in [0.2, 0.25) is 0 Å². The van der Waals surface area contributed by atoms with Crippen molar-refractivity contribution in [3.05, 3.63) is 59.7 Å². The average Bonchev–Trinajstić information content (AvgIpc) is 2.95. The normalized spacial score (nSPS) is 13.8. The van der Waals surface area contributed by atoms with E-state index in [-0.39, 0.29) is 12.9 Å². The molecule has 3 rings (SSSR count). The molecular formula is C16H14O4. The van der Waals surface area contributed by atoms with E-state index >= 15 is 0 Å². The molecule has 1 heterocycles. The monoisotopic (exact) mass is 270 g/mol. The van der Waals surface area contributed by atoms with Gasteiger partial charge in [0.1, 0.15) is 6.10 Å². The highest BCUT2D eigenvalue weighted by Crippen LogP contribution is 2.35. The second-order valence-corrected chi connectivity index (χ2v) is 4.52. The van der Waals surface area contributed by atoms with E-state index in [1.165, 1.54) is 0 Å². The van der Waals surface area contributed by atoms with E-state index in [1.54, 1.807) is 0 Å². The van der Waals surface area contributed by atoms with Crippen molar-refractivity contribution in [3.63, 3.8) is 0 Å². The van der Waals surface area contributed by atoms with E-state index in [4.69, 9.17) is 14.2 Å². The molecule has 2 aromatic carbocycles. The van der Waals surface area contributed by atoms with Crippen LogP contribution in [0.15, 0.2) is 48.5 Å². The van der Waals surface area contributed by atoms with Crippen LogP contribution >= 0.6 is 0 Å². The molecule has 0 bridgehead atoms. The van der Waals surface area contributed by atoms with Gasteiger partial charge in [0.05, 0.1) is 0 Å². The summed E-state index contributed by atoms with van der Waals surface area (Å²) in [7, 11) is 0. The minimum Gasteiger partial charge on any atom is -0.459 e. The van der Waals surface area contributed by atoms with Crippen molar-refractivity contribution in [2.75, 3.05) is 6.79 Å². The van der Waals surface area contributed by atoms with Gasteiger partial charge >= 0.3 is 0 Å². The van der Waals surface area contributed by atoms with Crippen LogP contribution < -0.4 is 9.47 Å². The molecule has 0 N–H and O–H groups in total. The maximum atomic E-state index is 10.7. The Morgan fingerprint density at radius 3 is 2.70 bits per heavy atom. The van der Waals surface area contributed by atoms with Crippen molar-refractivity contribution in [1.29, 1.82) is 0 Å². The van der Waals surface area contributed by atoms with E-state index in [1.807, 2.05) is 48.5 Å². The van der Waals surface area contributed by atoms with E-state index in [0.29, 0.717) is 18.6 Å². The second kappa shape index (κ2) is 5.65. The van der Waals surface area contributed by atoms with Gasteiger partial charge in [-0.25, -0.2) is 0 Å². The summed E-state index contributed by atoms with van der Waals surface area (Å²) in [6.07, 6.45) is 0.295. The fourth-order valence-electron chi connectivity index (χ4n) is 2.25. The van der Waals surface area contributed by atoms with Crippen LogP contribution in [0, 0.1) is 0 Å². The molecule has 0 radical (unpaired) electrons. The van der Waals surface area contributed by atoms with Gasteiger partial charge in [0.2, 0.25) is 6.79 Å². The molecule has 1 aliphatic heterocycles. The molecule has 0 saturated heterocycles. The molecule has 0 aromatic heterocycles. The van der Waals surface area contributed by atoms with Crippen molar-refractivity contribution in [1.82, 2.24) is 0 Å². The fourth-order valence-corrected chi connectivity index (χ4v) is 2.25. The van der Waals surface area contributed by atoms with Gasteiger partial charge in [-0.2, -0.15) is 0 Å². The first kappa shape index (κ1) is 12.5. The molecular weight excluding hydrogens is 256 g/mol. The Balaban J connectivity index is 1.84. The zero-order valence-electron chi connectivity index (χ0n) is 10.8. The Hall–Kier alpha value is -2.49. The Kier molecular flexibility index (Phi) is 3.54. The SMILES string of the molecule is O=CO[C@H](Cc1ccccc1)c1ccc2c(c1)OCO2. The number of ether oxygens (including phenoxy) is 3. The van der Waals surface area contributed by atoms with Crippen LogP contribution in [-0.4, -0.2) is 13.3 Å². The molecule has 0 aliphatic carbocycles. The number of benzene rings is 2. The summed E-state index contributed by atoms with van der Waals surface area (Å²) in [5.41, 5.74) is 2.00. The lowest BCUT2D eigenvalue weighted by Gasteiger charge is -2.16. The van der Waals surface area contributed by atoms with E-state index in [2.05, 4.69) is 0 Å². The minimum atomic E-state index is -0.329. The Bertz CT molecular complexity index is 595. The van der Waals surface area contributed by atoms with Crippen LogP contribution in [-0.2, 0) is 16.0 Å². The van der Waals surface area contributed by atoms with E-state index < -0.39 is 0 Å². The van der Waals surface area contributed by atoms with Gasteiger partial charge in [-0.1, -0.05) is 36.4 Å². The minimum absolute atomic E-state index is 0.233. The van der Waals surface area contributed by atoms with E-state index in [0.717, 1.165) is 16.9 Å². The molecule has 1 atom stereocenters. The van der Waals surface area contributed by atoms with Gasteiger partial charge in [-0.05, 0) is 23.3 Å². The van der Waals surface area contributed by atoms with Crippen LogP contribution in [0.5, 0.6) is 11.5 Å². The third-order valence-electron chi connectivity index (χ3n) is 3.25. The number of carbonyl (C=O) groups excluding carboxylic acids is 1. The second-order valence-electron chi connectivity index (χ2n) is 4.52. The zero-order chi connectivity index (χ0) is 13.8. The molecule has 0 unspecified atom stereocenters. The first-order chi connectivity index (χ1) is 9.86. The lowest BCUT2D eigenvalue weighted by Crippen LogP contribution is -2.07. The molecule has 1 aliphatic rings. The summed E-state index contributed by atoms with van der Waals surface area (Å²) in [4.78, 5) is 10.7. The highest BCUT2D eigenvalue weighted by atomic mass is 16.7. The van der Waals surface area contributed by atoms with Crippen molar-refractivity contribution in [2.45, 2.75) is 12.5 Å². The predicted octanol–water partition coefficient (Wildman–Crippen LogP) is 2.87. The van der Waals surface area contributed by atoms with Crippen molar-refractivity contribution in [2.24, 2.45) is 0 Å². The molecule has 0 spiro atoms. The zero-order valence-corrected chi connectivity index (χ0v) is 10.8. The lowest BCUT2D eigenvalue weighted by atomic mass is 10.0. The Labute approximate surface area is 116 Å². The maximum Gasteiger partial charge on any atom is 0.293 e. The summed E-state index contributed by atoms with van der Waals surface area (Å²) in [6.45, 7) is 0.717. The van der Waals surface area contributed by atoms with Crippen molar-refractivity contribution in [3.8, 4) is 11.5 Å². The average molecular weight is 270 g/mol. The van der Waals surface area contributed by atoms with E-state index in [9.17, 15) is 4.79 Å². The molecule has 2 aromatic rings. The number of carbonyl (C=O) groups is 1. The molecule has 102 valence electrons. The fraction of sp³-hybridized carbons (Fsp3) is 0.188. The third kappa shape index (κ3) is 2.59. The largest absolute Gasteiger partial charge is 0.459 e. The van der Waals surface area contributed by atoms with Crippen LogP contribution in [0.3, 0.4) is 0 Å². The number of fused-ring (bicyclic) bond motifs is 1. The number of rotatable bonds is 5. The smallest absolute Gasteiger partial charge is 0.293 e. The van der Waals surface area contributed by atoms with Crippen LogP contribution in [0.1, 0.15) is 17.2 Å². The highest BCUT2D eigenvalue weighted by molar-refractivity contribution is 5.46. The Morgan fingerprint density at radius 2 is 1.90 bits per heavy atom. The topological polar surface area (TPSA) is 44.8 Å². The lowest BCUT2D eigenvalue weighted by molar-refractivity contribution is -0.133. The first-order valence-electron chi connectivity index (χ1n) is 6.39. The molecule has 0 saturated carbocycles. The standard InChI is InChI=1S/C16H14O4/c17-10-18-15(8-12-4-2-1-3-5-12)13-6-7-14-16(9-13)20-11-19-14/h1-7,9-10,15H,8,11H2/t15-/m1/s1.